The first-order valence-corrected chi connectivity index (χ1v) is 6.06. The number of benzene rings is 1. The third-order valence-corrected chi connectivity index (χ3v) is 2.86. The van der Waals surface area contributed by atoms with Gasteiger partial charge in [0.1, 0.15) is 0 Å². The SMILES string of the molecule is C=C(C)CN(CC)C(=O)c1cccc([N+](=O)[O-])c1C. The number of rotatable bonds is 5. The van der Waals surface area contributed by atoms with Gasteiger partial charge in [-0.05, 0) is 26.8 Å². The fourth-order valence-electron chi connectivity index (χ4n) is 1.88. The molecule has 0 aromatic heterocycles. The summed E-state index contributed by atoms with van der Waals surface area (Å²) in [7, 11) is 0. The van der Waals surface area contributed by atoms with Crippen molar-refractivity contribution < 1.29 is 9.72 Å². The van der Waals surface area contributed by atoms with E-state index in [2.05, 4.69) is 6.58 Å². The Labute approximate surface area is 112 Å². The summed E-state index contributed by atoms with van der Waals surface area (Å²) < 4.78 is 0. The molecule has 0 saturated carbocycles. The van der Waals surface area contributed by atoms with Gasteiger partial charge in [0.05, 0.1) is 4.92 Å². The predicted molar refractivity (Wildman–Crippen MR) is 74.2 cm³/mol. The molecule has 1 rings (SSSR count). The van der Waals surface area contributed by atoms with E-state index >= 15 is 0 Å². The zero-order valence-electron chi connectivity index (χ0n) is 11.5. The van der Waals surface area contributed by atoms with Gasteiger partial charge >= 0.3 is 0 Å². The van der Waals surface area contributed by atoms with Crippen molar-refractivity contribution in [2.45, 2.75) is 20.8 Å². The van der Waals surface area contributed by atoms with Crippen LogP contribution in [0.2, 0.25) is 0 Å². The summed E-state index contributed by atoms with van der Waals surface area (Å²) in [6, 6.07) is 4.56. The molecule has 0 bridgehead atoms. The Balaban J connectivity index is 3.15. The maximum Gasteiger partial charge on any atom is 0.273 e. The van der Waals surface area contributed by atoms with E-state index in [4.69, 9.17) is 0 Å². The van der Waals surface area contributed by atoms with Gasteiger partial charge in [0.2, 0.25) is 0 Å². The first-order valence-electron chi connectivity index (χ1n) is 6.06. The van der Waals surface area contributed by atoms with E-state index in [1.54, 1.807) is 17.9 Å². The minimum atomic E-state index is -0.471. The lowest BCUT2D eigenvalue weighted by Crippen LogP contribution is -2.32. The molecule has 0 unspecified atom stereocenters. The highest BCUT2D eigenvalue weighted by molar-refractivity contribution is 5.96. The Hall–Kier alpha value is -2.17. The maximum atomic E-state index is 12.4. The first-order chi connectivity index (χ1) is 8.88. The molecule has 1 amide bonds. The molecule has 19 heavy (non-hydrogen) atoms. The second-order valence-corrected chi connectivity index (χ2v) is 4.48. The second-order valence-electron chi connectivity index (χ2n) is 4.48. The number of nitrogens with zero attached hydrogens (tertiary/aromatic N) is 2. The zero-order chi connectivity index (χ0) is 14.6. The highest BCUT2D eigenvalue weighted by Gasteiger charge is 2.21. The van der Waals surface area contributed by atoms with E-state index in [0.717, 1.165) is 5.57 Å². The van der Waals surface area contributed by atoms with Crippen molar-refractivity contribution in [3.63, 3.8) is 0 Å². The fourth-order valence-corrected chi connectivity index (χ4v) is 1.88. The summed E-state index contributed by atoms with van der Waals surface area (Å²) in [4.78, 5) is 24.4. The first kappa shape index (κ1) is 14.9. The minimum absolute atomic E-state index is 0.0303. The highest BCUT2D eigenvalue weighted by Crippen LogP contribution is 2.22. The van der Waals surface area contributed by atoms with Crippen LogP contribution in [0.1, 0.15) is 29.8 Å². The number of hydrogen-bond acceptors (Lipinski definition) is 3. The fraction of sp³-hybridized carbons (Fsp3) is 0.357. The van der Waals surface area contributed by atoms with Crippen molar-refractivity contribution in [2.75, 3.05) is 13.1 Å². The second kappa shape index (κ2) is 6.13. The van der Waals surface area contributed by atoms with Gasteiger partial charge < -0.3 is 4.90 Å². The van der Waals surface area contributed by atoms with Crippen molar-refractivity contribution >= 4 is 11.6 Å². The van der Waals surface area contributed by atoms with Gasteiger partial charge in [-0.1, -0.05) is 18.2 Å². The lowest BCUT2D eigenvalue weighted by Gasteiger charge is -2.21. The van der Waals surface area contributed by atoms with Crippen LogP contribution in [0.15, 0.2) is 30.4 Å². The molecule has 102 valence electrons. The van der Waals surface area contributed by atoms with Crippen LogP contribution < -0.4 is 0 Å². The van der Waals surface area contributed by atoms with Gasteiger partial charge in [-0.15, -0.1) is 0 Å². The van der Waals surface area contributed by atoms with Gasteiger partial charge in [-0.3, -0.25) is 14.9 Å². The summed E-state index contributed by atoms with van der Waals surface area (Å²) in [5, 5.41) is 10.9. The molecule has 0 aliphatic heterocycles. The monoisotopic (exact) mass is 262 g/mol. The molecule has 0 N–H and O–H groups in total. The van der Waals surface area contributed by atoms with Crippen molar-refractivity contribution in [3.05, 3.63) is 51.6 Å². The topological polar surface area (TPSA) is 63.5 Å². The van der Waals surface area contributed by atoms with Gasteiger partial charge in [0, 0.05) is 30.3 Å². The van der Waals surface area contributed by atoms with E-state index in [1.165, 1.54) is 12.1 Å². The third kappa shape index (κ3) is 3.40. The molecule has 0 saturated heterocycles. The molecule has 1 aromatic carbocycles. The number of carbonyl (C=O) groups is 1. The van der Waals surface area contributed by atoms with Crippen LogP contribution in [-0.4, -0.2) is 28.8 Å². The average Bonchev–Trinajstić information content (AvgIpc) is 2.34. The van der Waals surface area contributed by atoms with Crippen LogP contribution >= 0.6 is 0 Å². The Morgan fingerprint density at radius 2 is 2.11 bits per heavy atom. The Kier molecular flexibility index (Phi) is 4.80. The average molecular weight is 262 g/mol. The quantitative estimate of drug-likeness (QED) is 0.465. The number of likely N-dealkylation sites (N-methyl/N-ethyl adjacent to an activating group) is 1. The van der Waals surface area contributed by atoms with Gasteiger partial charge in [-0.2, -0.15) is 0 Å². The van der Waals surface area contributed by atoms with Gasteiger partial charge in [0.15, 0.2) is 0 Å². The van der Waals surface area contributed by atoms with Crippen molar-refractivity contribution in [1.29, 1.82) is 0 Å². The standard InChI is InChI=1S/C14H18N2O3/c1-5-15(9-10(2)3)14(17)12-7-6-8-13(11(12)4)16(18)19/h6-8H,2,5,9H2,1,3-4H3. The molecular formula is C14H18N2O3. The number of nitro groups is 1. The Morgan fingerprint density at radius 3 is 2.58 bits per heavy atom. The number of carbonyl (C=O) groups excluding carboxylic acids is 1. The van der Waals surface area contributed by atoms with Crippen molar-refractivity contribution in [3.8, 4) is 0 Å². The molecule has 0 heterocycles. The van der Waals surface area contributed by atoms with Crippen molar-refractivity contribution in [1.82, 2.24) is 4.90 Å². The molecule has 0 aliphatic carbocycles. The molecule has 0 aliphatic rings. The van der Waals surface area contributed by atoms with E-state index in [1.807, 2.05) is 13.8 Å². The van der Waals surface area contributed by atoms with Crippen LogP contribution in [0.5, 0.6) is 0 Å². The molecule has 0 radical (unpaired) electrons. The normalized spacial score (nSPS) is 10.1. The molecule has 0 fully saturated rings. The molecule has 0 atom stereocenters. The van der Waals surface area contributed by atoms with Crippen molar-refractivity contribution in [2.24, 2.45) is 0 Å². The smallest absolute Gasteiger partial charge is 0.273 e. The van der Waals surface area contributed by atoms with Crippen LogP contribution in [0.25, 0.3) is 0 Å². The number of nitro benzene ring substituents is 1. The van der Waals surface area contributed by atoms with E-state index in [-0.39, 0.29) is 11.6 Å². The van der Waals surface area contributed by atoms with Crippen LogP contribution in [0, 0.1) is 17.0 Å². The maximum absolute atomic E-state index is 12.4. The van der Waals surface area contributed by atoms with E-state index < -0.39 is 4.92 Å². The number of amides is 1. The van der Waals surface area contributed by atoms with Gasteiger partial charge in [-0.25, -0.2) is 0 Å². The molecular weight excluding hydrogens is 244 g/mol. The summed E-state index contributed by atoms with van der Waals surface area (Å²) in [6.45, 7) is 10.1. The van der Waals surface area contributed by atoms with Crippen LogP contribution in [0.4, 0.5) is 5.69 Å². The molecule has 1 aromatic rings. The van der Waals surface area contributed by atoms with E-state index in [0.29, 0.717) is 24.2 Å². The molecule has 5 nitrogen and oxygen atoms in total. The molecule has 0 spiro atoms. The summed E-state index contributed by atoms with van der Waals surface area (Å²) in [5.74, 6) is -0.202. The zero-order valence-corrected chi connectivity index (χ0v) is 11.5. The predicted octanol–water partition coefficient (Wildman–Crippen LogP) is 2.94. The Morgan fingerprint density at radius 1 is 1.47 bits per heavy atom. The lowest BCUT2D eigenvalue weighted by molar-refractivity contribution is -0.385. The summed E-state index contributed by atoms with van der Waals surface area (Å²) >= 11 is 0. The minimum Gasteiger partial charge on any atom is -0.335 e. The highest BCUT2D eigenvalue weighted by atomic mass is 16.6. The van der Waals surface area contributed by atoms with Crippen LogP contribution in [0.3, 0.4) is 0 Å². The van der Waals surface area contributed by atoms with Gasteiger partial charge in [0.25, 0.3) is 11.6 Å². The van der Waals surface area contributed by atoms with Crippen LogP contribution in [-0.2, 0) is 0 Å². The number of hydrogen-bond donors (Lipinski definition) is 0. The summed E-state index contributed by atoms with van der Waals surface area (Å²) in [5.41, 5.74) is 1.62. The molecule has 5 heteroatoms. The van der Waals surface area contributed by atoms with E-state index in [9.17, 15) is 14.9 Å². The Bertz CT molecular complexity index is 523. The largest absolute Gasteiger partial charge is 0.335 e. The lowest BCUT2D eigenvalue weighted by atomic mass is 10.1. The third-order valence-electron chi connectivity index (χ3n) is 2.86. The summed E-state index contributed by atoms with van der Waals surface area (Å²) in [6.07, 6.45) is 0.